The van der Waals surface area contributed by atoms with E-state index < -0.39 is 6.10 Å². The minimum absolute atomic E-state index is 0.311. The van der Waals surface area contributed by atoms with Crippen LogP contribution in [0.1, 0.15) is 28.8 Å². The summed E-state index contributed by atoms with van der Waals surface area (Å²) in [5.41, 5.74) is 4.21. The molecule has 0 saturated carbocycles. The molecule has 2 aliphatic rings. The summed E-state index contributed by atoms with van der Waals surface area (Å²) < 4.78 is 21.8. The van der Waals surface area contributed by atoms with Gasteiger partial charge in [-0.05, 0) is 58.0 Å². The van der Waals surface area contributed by atoms with Crippen molar-refractivity contribution in [1.82, 2.24) is 25.2 Å². The Morgan fingerprint density at radius 3 is 2.74 bits per heavy atom. The molecule has 2 aromatic heterocycles. The van der Waals surface area contributed by atoms with Crippen LogP contribution in [0.15, 0.2) is 72.6 Å². The number of anilines is 1. The first kappa shape index (κ1) is 18.0. The predicted molar refractivity (Wildman–Crippen MR) is 112 cm³/mol. The van der Waals surface area contributed by atoms with Crippen molar-refractivity contribution >= 4 is 23.2 Å². The van der Waals surface area contributed by atoms with Crippen molar-refractivity contribution in [2.24, 2.45) is 0 Å². The van der Waals surface area contributed by atoms with Gasteiger partial charge >= 0.3 is 0 Å². The van der Waals surface area contributed by atoms with E-state index in [4.69, 9.17) is 16.3 Å². The normalized spacial score (nSPS) is 19.0. The number of halogens is 2. The number of nitrogens with zero attached hydrogens (tertiary/aromatic N) is 5. The highest BCUT2D eigenvalue weighted by Crippen LogP contribution is 2.50. The molecule has 0 fully saturated rings. The number of aromatic nitrogens is 5. The maximum Gasteiger partial charge on any atom is 0.248 e. The van der Waals surface area contributed by atoms with Gasteiger partial charge in [-0.15, -0.1) is 0 Å². The highest BCUT2D eigenvalue weighted by molar-refractivity contribution is 6.30. The minimum Gasteiger partial charge on any atom is -0.480 e. The fraction of sp³-hybridized carbons (Fsp3) is 0.0909. The molecule has 4 heterocycles. The van der Waals surface area contributed by atoms with Crippen LogP contribution in [-0.2, 0) is 0 Å². The molecule has 2 aromatic carbocycles. The van der Waals surface area contributed by atoms with E-state index in [1.807, 2.05) is 24.3 Å². The maximum absolute atomic E-state index is 13.6. The molecule has 6 rings (SSSR count). The van der Waals surface area contributed by atoms with E-state index in [-0.39, 0.29) is 11.9 Å². The molecule has 0 bridgehead atoms. The first-order valence-electron chi connectivity index (χ1n) is 9.60. The van der Waals surface area contributed by atoms with Crippen LogP contribution in [0, 0.1) is 5.82 Å². The summed E-state index contributed by atoms with van der Waals surface area (Å²) in [7, 11) is 0. The average Bonchev–Trinajstić information content (AvgIpc) is 3.27. The van der Waals surface area contributed by atoms with Gasteiger partial charge in [-0.1, -0.05) is 34.9 Å². The zero-order valence-corrected chi connectivity index (χ0v) is 16.7. The lowest BCUT2D eigenvalue weighted by Crippen LogP contribution is -2.32. The number of nitrogens with one attached hydrogen (secondary N) is 1. The lowest BCUT2D eigenvalue weighted by Gasteiger charge is -2.38. The molecular formula is C22H14ClFN6O. The van der Waals surface area contributed by atoms with Crippen molar-refractivity contribution in [3.63, 3.8) is 0 Å². The number of pyridine rings is 1. The zero-order valence-electron chi connectivity index (χ0n) is 15.9. The van der Waals surface area contributed by atoms with Gasteiger partial charge < -0.3 is 10.1 Å². The van der Waals surface area contributed by atoms with Crippen molar-refractivity contribution in [3.05, 3.63) is 100 Å². The van der Waals surface area contributed by atoms with E-state index in [0.29, 0.717) is 16.7 Å². The quantitative estimate of drug-likeness (QED) is 0.505. The third-order valence-corrected chi connectivity index (χ3v) is 5.70. The molecule has 2 atom stereocenters. The first-order chi connectivity index (χ1) is 15.2. The number of ether oxygens (including phenoxy) is 1. The second kappa shape index (κ2) is 6.88. The Morgan fingerprint density at radius 2 is 1.94 bits per heavy atom. The fourth-order valence-electron chi connectivity index (χ4n) is 4.13. The van der Waals surface area contributed by atoms with Crippen LogP contribution in [-0.4, -0.2) is 25.2 Å². The molecule has 0 spiro atoms. The molecule has 7 nitrogen and oxygen atoms in total. The second-order valence-corrected chi connectivity index (χ2v) is 7.72. The Kier molecular flexibility index (Phi) is 4.00. The third-order valence-electron chi connectivity index (χ3n) is 5.47. The topological polar surface area (TPSA) is 77.8 Å². The Labute approximate surface area is 181 Å². The van der Waals surface area contributed by atoms with Crippen LogP contribution in [0.2, 0.25) is 5.02 Å². The largest absolute Gasteiger partial charge is 0.480 e. The number of fused-ring (bicyclic) bond motifs is 3. The highest BCUT2D eigenvalue weighted by Gasteiger charge is 2.41. The van der Waals surface area contributed by atoms with E-state index in [1.54, 1.807) is 35.3 Å². The summed E-state index contributed by atoms with van der Waals surface area (Å²) in [5, 5.41) is 16.1. The van der Waals surface area contributed by atoms with Crippen molar-refractivity contribution in [1.29, 1.82) is 0 Å². The summed E-state index contributed by atoms with van der Waals surface area (Å²) in [6.07, 6.45) is 2.99. The molecule has 1 N–H and O–H groups in total. The van der Waals surface area contributed by atoms with Gasteiger partial charge in [0.15, 0.2) is 0 Å². The fourth-order valence-corrected chi connectivity index (χ4v) is 4.31. The average molecular weight is 433 g/mol. The first-order valence-corrected chi connectivity index (χ1v) is 9.98. The summed E-state index contributed by atoms with van der Waals surface area (Å²) in [6.45, 7) is 0. The van der Waals surface area contributed by atoms with Crippen LogP contribution >= 0.6 is 11.6 Å². The standard InChI is InChI=1S/C22H14ClFN6O/c23-14-5-8-17-16(10-14)19-18(21(31-17)12-3-6-15(24)7-4-12)20(13-2-1-9-25-11-13)30-22(26-19)27-28-29-30/h1-11,20-21H,(H,26,27,29)/t20-,21+/m1/s1. The van der Waals surface area contributed by atoms with Gasteiger partial charge in [0.1, 0.15) is 23.7 Å². The molecular weight excluding hydrogens is 419 g/mol. The summed E-state index contributed by atoms with van der Waals surface area (Å²) in [6, 6.07) is 15.2. The number of hydrogen-bond donors (Lipinski definition) is 1. The Bertz CT molecular complexity index is 1320. The van der Waals surface area contributed by atoms with E-state index in [2.05, 4.69) is 25.8 Å². The van der Waals surface area contributed by atoms with Gasteiger partial charge in [-0.25, -0.2) is 4.39 Å². The minimum atomic E-state index is -0.501. The van der Waals surface area contributed by atoms with Crippen LogP contribution in [0.4, 0.5) is 10.3 Å². The zero-order chi connectivity index (χ0) is 20.9. The Balaban J connectivity index is 1.64. The molecule has 9 heteroatoms. The van der Waals surface area contributed by atoms with Crippen LogP contribution in [0.5, 0.6) is 5.75 Å². The van der Waals surface area contributed by atoms with Crippen molar-refractivity contribution < 1.29 is 9.13 Å². The molecule has 31 heavy (non-hydrogen) atoms. The van der Waals surface area contributed by atoms with Crippen molar-refractivity contribution in [3.8, 4) is 5.75 Å². The molecule has 2 aliphatic heterocycles. The Morgan fingerprint density at radius 1 is 1.06 bits per heavy atom. The van der Waals surface area contributed by atoms with Gasteiger partial charge in [-0.3, -0.25) is 4.98 Å². The number of benzene rings is 2. The van der Waals surface area contributed by atoms with E-state index in [1.165, 1.54) is 12.1 Å². The molecule has 4 aromatic rings. The summed E-state index contributed by atoms with van der Waals surface area (Å²) in [5.74, 6) is 0.850. The number of hydrogen-bond acceptors (Lipinski definition) is 6. The molecule has 152 valence electrons. The van der Waals surface area contributed by atoms with Gasteiger partial charge in [0.05, 0.1) is 5.70 Å². The maximum atomic E-state index is 13.6. The molecule has 0 amide bonds. The highest BCUT2D eigenvalue weighted by atomic mass is 35.5. The van der Waals surface area contributed by atoms with Crippen LogP contribution < -0.4 is 10.1 Å². The van der Waals surface area contributed by atoms with E-state index in [0.717, 1.165) is 28.0 Å². The van der Waals surface area contributed by atoms with E-state index in [9.17, 15) is 4.39 Å². The van der Waals surface area contributed by atoms with Crippen LogP contribution in [0.3, 0.4) is 0 Å². The number of rotatable bonds is 2. The monoisotopic (exact) mass is 432 g/mol. The molecule has 0 saturated heterocycles. The van der Waals surface area contributed by atoms with Crippen molar-refractivity contribution in [2.45, 2.75) is 12.1 Å². The lowest BCUT2D eigenvalue weighted by atomic mass is 9.85. The summed E-state index contributed by atoms with van der Waals surface area (Å²) in [4.78, 5) is 4.29. The summed E-state index contributed by atoms with van der Waals surface area (Å²) >= 11 is 6.31. The van der Waals surface area contributed by atoms with Crippen LogP contribution in [0.25, 0.3) is 5.70 Å². The molecule has 0 unspecified atom stereocenters. The SMILES string of the molecule is Fc1ccc([C@@H]2Oc3ccc(Cl)cc3C3=C2[C@@H](c2cccnc2)n2nnnc2N3)cc1. The van der Waals surface area contributed by atoms with Gasteiger partial charge in [0, 0.05) is 28.6 Å². The Hall–Kier alpha value is -3.78. The van der Waals surface area contributed by atoms with Crippen molar-refractivity contribution in [2.75, 3.05) is 5.32 Å². The molecule has 0 radical (unpaired) electrons. The third kappa shape index (κ3) is 2.87. The lowest BCUT2D eigenvalue weighted by molar-refractivity contribution is 0.222. The van der Waals surface area contributed by atoms with Gasteiger partial charge in [-0.2, -0.15) is 4.68 Å². The smallest absolute Gasteiger partial charge is 0.248 e. The predicted octanol–water partition coefficient (Wildman–Crippen LogP) is 4.42. The molecule has 0 aliphatic carbocycles. The van der Waals surface area contributed by atoms with Gasteiger partial charge in [0.25, 0.3) is 0 Å². The second-order valence-electron chi connectivity index (χ2n) is 7.28. The van der Waals surface area contributed by atoms with Gasteiger partial charge in [0.2, 0.25) is 5.95 Å². The van der Waals surface area contributed by atoms with E-state index >= 15 is 0 Å². The number of tetrazole rings is 1.